The van der Waals surface area contributed by atoms with Crippen molar-refractivity contribution in [3.05, 3.63) is 102 Å². The van der Waals surface area contributed by atoms with Crippen LogP contribution in [0.3, 0.4) is 0 Å². The van der Waals surface area contributed by atoms with E-state index in [2.05, 4.69) is 6.07 Å². The molecular weight excluding hydrogens is 298 g/mol. The third kappa shape index (κ3) is 4.75. The number of para-hydroxylation sites is 2. The van der Waals surface area contributed by atoms with Gasteiger partial charge in [-0.05, 0) is 28.8 Å². The standard InChI is InChI=1S/C15H11N.C6H6O2/c16-12-11-15(13-7-3-1-4-8-13)14-9-5-2-6-10-14;7-5-3-1-2-4-6(5)8/h1-11H;1-4,7-8H. The SMILES string of the molecule is N#CC=C(c1ccccc1)c1ccccc1.Oc1ccccc1O. The van der Waals surface area contributed by atoms with E-state index in [1.807, 2.05) is 60.7 Å². The van der Waals surface area contributed by atoms with Gasteiger partial charge in [-0.1, -0.05) is 72.8 Å². The molecule has 0 bridgehead atoms. The van der Waals surface area contributed by atoms with Crippen molar-refractivity contribution in [2.24, 2.45) is 0 Å². The predicted molar refractivity (Wildman–Crippen MR) is 95.3 cm³/mol. The van der Waals surface area contributed by atoms with Crippen LogP contribution in [-0.4, -0.2) is 10.2 Å². The van der Waals surface area contributed by atoms with E-state index in [1.165, 1.54) is 12.1 Å². The molecule has 0 atom stereocenters. The van der Waals surface area contributed by atoms with Crippen molar-refractivity contribution in [1.29, 1.82) is 5.26 Å². The van der Waals surface area contributed by atoms with Crippen molar-refractivity contribution in [3.63, 3.8) is 0 Å². The first kappa shape index (κ1) is 16.9. The van der Waals surface area contributed by atoms with Gasteiger partial charge in [-0.15, -0.1) is 0 Å². The lowest BCUT2D eigenvalue weighted by Crippen LogP contribution is -1.86. The lowest BCUT2D eigenvalue weighted by molar-refractivity contribution is 0.404. The molecule has 0 aliphatic rings. The molecule has 118 valence electrons. The quantitative estimate of drug-likeness (QED) is 0.530. The molecule has 0 heterocycles. The van der Waals surface area contributed by atoms with Gasteiger partial charge in [0.2, 0.25) is 0 Å². The zero-order valence-corrected chi connectivity index (χ0v) is 13.0. The number of allylic oxidation sites excluding steroid dienone is 1. The highest BCUT2D eigenvalue weighted by atomic mass is 16.3. The molecule has 2 N–H and O–H groups in total. The van der Waals surface area contributed by atoms with Crippen molar-refractivity contribution in [2.75, 3.05) is 0 Å². The van der Waals surface area contributed by atoms with Gasteiger partial charge in [-0.3, -0.25) is 0 Å². The average Bonchev–Trinajstić information content (AvgIpc) is 2.64. The summed E-state index contributed by atoms with van der Waals surface area (Å²) in [5, 5.41) is 26.2. The summed E-state index contributed by atoms with van der Waals surface area (Å²) in [6.07, 6.45) is 1.59. The first-order chi connectivity index (χ1) is 11.7. The van der Waals surface area contributed by atoms with Gasteiger partial charge in [0.15, 0.2) is 11.5 Å². The monoisotopic (exact) mass is 315 g/mol. The fourth-order valence-electron chi connectivity index (χ4n) is 2.10. The van der Waals surface area contributed by atoms with Gasteiger partial charge in [-0.25, -0.2) is 0 Å². The number of rotatable bonds is 2. The van der Waals surface area contributed by atoms with Crippen molar-refractivity contribution in [2.45, 2.75) is 0 Å². The van der Waals surface area contributed by atoms with Crippen LogP contribution in [0.2, 0.25) is 0 Å². The summed E-state index contributed by atoms with van der Waals surface area (Å²) >= 11 is 0. The number of phenols is 2. The second-order valence-corrected chi connectivity index (χ2v) is 4.91. The van der Waals surface area contributed by atoms with Gasteiger partial charge >= 0.3 is 0 Å². The number of aromatic hydroxyl groups is 2. The highest BCUT2D eigenvalue weighted by Gasteiger charge is 2.02. The first-order valence-electron chi connectivity index (χ1n) is 7.40. The van der Waals surface area contributed by atoms with Crippen molar-refractivity contribution < 1.29 is 10.2 Å². The third-order valence-electron chi connectivity index (χ3n) is 3.26. The Labute approximate surface area is 141 Å². The smallest absolute Gasteiger partial charge is 0.157 e. The van der Waals surface area contributed by atoms with Crippen LogP contribution in [0.1, 0.15) is 11.1 Å². The van der Waals surface area contributed by atoms with Gasteiger partial charge in [0.1, 0.15) is 0 Å². The largest absolute Gasteiger partial charge is 0.504 e. The Hall–Kier alpha value is -3.51. The molecule has 3 heteroatoms. The van der Waals surface area contributed by atoms with Crippen LogP contribution in [0.15, 0.2) is 91.0 Å². The topological polar surface area (TPSA) is 64.2 Å². The minimum Gasteiger partial charge on any atom is -0.504 e. The highest BCUT2D eigenvalue weighted by Crippen LogP contribution is 2.22. The molecule has 0 spiro atoms. The van der Waals surface area contributed by atoms with Gasteiger partial charge in [0.25, 0.3) is 0 Å². The lowest BCUT2D eigenvalue weighted by atomic mass is 9.98. The van der Waals surface area contributed by atoms with E-state index < -0.39 is 0 Å². The molecule has 3 aromatic carbocycles. The van der Waals surface area contributed by atoms with Crippen LogP contribution in [0.25, 0.3) is 5.57 Å². The number of nitriles is 1. The van der Waals surface area contributed by atoms with Crippen LogP contribution in [-0.2, 0) is 0 Å². The van der Waals surface area contributed by atoms with E-state index >= 15 is 0 Å². The zero-order chi connectivity index (χ0) is 17.2. The van der Waals surface area contributed by atoms with Crippen LogP contribution in [0.5, 0.6) is 11.5 Å². The normalized spacial score (nSPS) is 9.12. The number of hydrogen-bond donors (Lipinski definition) is 2. The van der Waals surface area contributed by atoms with Gasteiger partial charge < -0.3 is 10.2 Å². The Morgan fingerprint density at radius 1 is 0.667 bits per heavy atom. The van der Waals surface area contributed by atoms with Crippen LogP contribution >= 0.6 is 0 Å². The van der Waals surface area contributed by atoms with Crippen molar-refractivity contribution in [3.8, 4) is 17.6 Å². The molecule has 0 radical (unpaired) electrons. The maximum absolute atomic E-state index is 8.83. The summed E-state index contributed by atoms with van der Waals surface area (Å²) < 4.78 is 0. The van der Waals surface area contributed by atoms with E-state index in [4.69, 9.17) is 15.5 Å². The molecule has 0 amide bonds. The minimum atomic E-state index is -0.0764. The molecular formula is C21H17NO2. The Bertz CT molecular complexity index is 772. The van der Waals surface area contributed by atoms with Gasteiger partial charge in [-0.2, -0.15) is 5.26 Å². The number of phenolic OH excluding ortho intramolecular Hbond substituents is 2. The Balaban J connectivity index is 0.000000219. The molecule has 0 unspecified atom stereocenters. The highest BCUT2D eigenvalue weighted by molar-refractivity contribution is 5.81. The summed E-state index contributed by atoms with van der Waals surface area (Å²) in [4.78, 5) is 0. The fourth-order valence-corrected chi connectivity index (χ4v) is 2.10. The van der Waals surface area contributed by atoms with Crippen LogP contribution in [0.4, 0.5) is 0 Å². The Morgan fingerprint density at radius 3 is 1.38 bits per heavy atom. The second kappa shape index (κ2) is 8.82. The summed E-state index contributed by atoms with van der Waals surface area (Å²) in [6, 6.07) is 28.1. The van der Waals surface area contributed by atoms with Crippen molar-refractivity contribution >= 4 is 5.57 Å². The van der Waals surface area contributed by atoms with Gasteiger partial charge in [0, 0.05) is 6.08 Å². The number of hydrogen-bond acceptors (Lipinski definition) is 3. The molecule has 0 saturated heterocycles. The van der Waals surface area contributed by atoms with Crippen LogP contribution in [0, 0.1) is 11.3 Å². The van der Waals surface area contributed by atoms with E-state index in [9.17, 15) is 0 Å². The van der Waals surface area contributed by atoms with Crippen molar-refractivity contribution in [1.82, 2.24) is 0 Å². The predicted octanol–water partition coefficient (Wildman–Crippen LogP) is 4.74. The summed E-state index contributed by atoms with van der Waals surface area (Å²) in [5.74, 6) is -0.153. The molecule has 3 aromatic rings. The molecule has 3 rings (SSSR count). The molecule has 0 saturated carbocycles. The molecule has 0 aromatic heterocycles. The average molecular weight is 315 g/mol. The molecule has 3 nitrogen and oxygen atoms in total. The van der Waals surface area contributed by atoms with E-state index in [0.29, 0.717) is 0 Å². The lowest BCUT2D eigenvalue weighted by Gasteiger charge is -2.06. The van der Waals surface area contributed by atoms with Gasteiger partial charge in [0.05, 0.1) is 6.07 Å². The summed E-state index contributed by atoms with van der Waals surface area (Å²) in [5.41, 5.74) is 3.09. The minimum absolute atomic E-state index is 0.0764. The Kier molecular flexibility index (Phi) is 6.19. The van der Waals surface area contributed by atoms with E-state index in [0.717, 1.165) is 16.7 Å². The molecule has 0 aliphatic heterocycles. The zero-order valence-electron chi connectivity index (χ0n) is 13.0. The number of nitrogens with zero attached hydrogens (tertiary/aromatic N) is 1. The maximum atomic E-state index is 8.83. The molecule has 24 heavy (non-hydrogen) atoms. The summed E-state index contributed by atoms with van der Waals surface area (Å²) in [7, 11) is 0. The number of benzene rings is 3. The fraction of sp³-hybridized carbons (Fsp3) is 0. The van der Waals surface area contributed by atoms with Crippen LogP contribution < -0.4 is 0 Å². The van der Waals surface area contributed by atoms with E-state index in [-0.39, 0.29) is 11.5 Å². The second-order valence-electron chi connectivity index (χ2n) is 4.91. The first-order valence-corrected chi connectivity index (χ1v) is 7.40. The van der Waals surface area contributed by atoms with E-state index in [1.54, 1.807) is 18.2 Å². The Morgan fingerprint density at radius 2 is 1.04 bits per heavy atom. The molecule has 0 fully saturated rings. The molecule has 0 aliphatic carbocycles. The third-order valence-corrected chi connectivity index (χ3v) is 3.26. The summed E-state index contributed by atoms with van der Waals surface area (Å²) in [6.45, 7) is 0. The maximum Gasteiger partial charge on any atom is 0.157 e.